The quantitative estimate of drug-likeness (QED) is 0.793. The summed E-state index contributed by atoms with van der Waals surface area (Å²) in [4.78, 5) is 22.9. The molecule has 0 unspecified atom stereocenters. The predicted octanol–water partition coefficient (Wildman–Crippen LogP) is 2.47. The number of halogens is 1. The molecule has 1 amide bonds. The van der Waals surface area contributed by atoms with Gasteiger partial charge in [-0.1, -0.05) is 6.07 Å². The average molecular weight is 329 g/mol. The largest absolute Gasteiger partial charge is 0.478 e. The first-order valence-corrected chi connectivity index (χ1v) is 6.56. The highest BCUT2D eigenvalue weighted by atomic mass is 79.9. The molecule has 1 rings (SSSR count). The van der Waals surface area contributed by atoms with Crippen molar-refractivity contribution >= 4 is 33.5 Å². The van der Waals surface area contributed by atoms with Crippen LogP contribution in [0.1, 0.15) is 31.1 Å². The molecule has 0 heterocycles. The second-order valence-electron chi connectivity index (χ2n) is 5.12. The van der Waals surface area contributed by atoms with E-state index in [1.54, 1.807) is 12.1 Å². The summed E-state index contributed by atoms with van der Waals surface area (Å²) in [5, 5.41) is 14.7. The maximum atomic E-state index is 11.8. The molecule has 0 saturated carbocycles. The fourth-order valence-corrected chi connectivity index (χ4v) is 1.82. The molecule has 0 fully saturated rings. The number of amides is 1. The Morgan fingerprint density at radius 2 is 1.95 bits per heavy atom. The van der Waals surface area contributed by atoms with E-state index in [2.05, 4.69) is 26.6 Å². The zero-order valence-electron chi connectivity index (χ0n) is 11.1. The Hall–Kier alpha value is -1.40. The number of carbonyl (C=O) groups is 2. The second kappa shape index (κ2) is 6.16. The zero-order valence-corrected chi connectivity index (χ0v) is 12.7. The summed E-state index contributed by atoms with van der Waals surface area (Å²) in [5.41, 5.74) is 0.148. The van der Waals surface area contributed by atoms with E-state index in [-0.39, 0.29) is 29.2 Å². The lowest BCUT2D eigenvalue weighted by molar-refractivity contribution is -0.115. The minimum absolute atomic E-state index is 0.0542. The Kier molecular flexibility index (Phi) is 5.08. The van der Waals surface area contributed by atoms with Crippen molar-refractivity contribution in [3.63, 3.8) is 0 Å². The van der Waals surface area contributed by atoms with Gasteiger partial charge < -0.3 is 15.7 Å². The minimum Gasteiger partial charge on any atom is -0.478 e. The molecule has 6 heteroatoms. The number of carboxylic acids is 1. The van der Waals surface area contributed by atoms with Crippen LogP contribution in [0.25, 0.3) is 0 Å². The van der Waals surface area contributed by atoms with E-state index >= 15 is 0 Å². The number of nitrogens with one attached hydrogen (secondary N) is 2. The molecule has 0 aliphatic rings. The molecule has 0 saturated heterocycles. The first-order chi connectivity index (χ1) is 8.70. The molecule has 1 aromatic carbocycles. The molecule has 0 radical (unpaired) electrons. The summed E-state index contributed by atoms with van der Waals surface area (Å²) < 4.78 is 0.538. The third kappa shape index (κ3) is 5.00. The highest BCUT2D eigenvalue weighted by Crippen LogP contribution is 2.26. The average Bonchev–Trinajstić information content (AvgIpc) is 2.28. The number of carbonyl (C=O) groups excluding carboxylic acids is 1. The SMILES string of the molecule is CC(C)(C)NCC(=O)Nc1c(Br)cccc1C(=O)O. The fraction of sp³-hybridized carbons (Fsp3) is 0.385. The molecule has 19 heavy (non-hydrogen) atoms. The van der Waals surface area contributed by atoms with Crippen LogP contribution in [0.5, 0.6) is 0 Å². The lowest BCUT2D eigenvalue weighted by atomic mass is 10.1. The summed E-state index contributed by atoms with van der Waals surface area (Å²) in [6.45, 7) is 5.95. The molecule has 3 N–H and O–H groups in total. The summed E-state index contributed by atoms with van der Waals surface area (Å²) in [7, 11) is 0. The van der Waals surface area contributed by atoms with Crippen molar-refractivity contribution < 1.29 is 14.7 Å². The molecule has 104 valence electrons. The van der Waals surface area contributed by atoms with Crippen molar-refractivity contribution in [3.8, 4) is 0 Å². The van der Waals surface area contributed by atoms with Crippen LogP contribution in [0.4, 0.5) is 5.69 Å². The summed E-state index contributed by atoms with van der Waals surface area (Å²) in [5.74, 6) is -1.37. The van der Waals surface area contributed by atoms with Gasteiger partial charge in [-0.05, 0) is 48.8 Å². The Bertz CT molecular complexity index is 495. The molecule has 0 aliphatic carbocycles. The second-order valence-corrected chi connectivity index (χ2v) is 5.97. The van der Waals surface area contributed by atoms with Crippen LogP contribution in [0.2, 0.25) is 0 Å². The smallest absolute Gasteiger partial charge is 0.337 e. The molecule has 0 aliphatic heterocycles. The van der Waals surface area contributed by atoms with E-state index in [0.717, 1.165) is 0 Å². The van der Waals surface area contributed by atoms with Crippen LogP contribution in [0, 0.1) is 0 Å². The normalized spacial score (nSPS) is 11.2. The van der Waals surface area contributed by atoms with Crippen molar-refractivity contribution in [2.24, 2.45) is 0 Å². The van der Waals surface area contributed by atoms with E-state index in [4.69, 9.17) is 5.11 Å². The third-order valence-corrected chi connectivity index (χ3v) is 2.95. The van der Waals surface area contributed by atoms with Crippen LogP contribution in [0.15, 0.2) is 22.7 Å². The Morgan fingerprint density at radius 3 is 2.47 bits per heavy atom. The number of aromatic carboxylic acids is 1. The van der Waals surface area contributed by atoms with Crippen molar-refractivity contribution in [2.75, 3.05) is 11.9 Å². The number of carboxylic acid groups (broad SMARTS) is 1. The maximum absolute atomic E-state index is 11.8. The van der Waals surface area contributed by atoms with Gasteiger partial charge in [0.05, 0.1) is 17.8 Å². The number of para-hydroxylation sites is 1. The highest BCUT2D eigenvalue weighted by molar-refractivity contribution is 9.10. The van der Waals surface area contributed by atoms with Gasteiger partial charge in [0.2, 0.25) is 5.91 Å². The van der Waals surface area contributed by atoms with E-state index in [1.807, 2.05) is 20.8 Å². The molecule has 0 bridgehead atoms. The van der Waals surface area contributed by atoms with Crippen molar-refractivity contribution in [2.45, 2.75) is 26.3 Å². The van der Waals surface area contributed by atoms with Gasteiger partial charge in [-0.2, -0.15) is 0 Å². The summed E-state index contributed by atoms with van der Waals surface area (Å²) in [6, 6.07) is 4.73. The summed E-state index contributed by atoms with van der Waals surface area (Å²) in [6.07, 6.45) is 0. The van der Waals surface area contributed by atoms with Crippen LogP contribution < -0.4 is 10.6 Å². The van der Waals surface area contributed by atoms with Crippen LogP contribution in [-0.4, -0.2) is 29.1 Å². The van der Waals surface area contributed by atoms with Gasteiger partial charge in [-0.3, -0.25) is 4.79 Å². The third-order valence-electron chi connectivity index (χ3n) is 2.29. The van der Waals surface area contributed by atoms with Gasteiger partial charge >= 0.3 is 5.97 Å². The topological polar surface area (TPSA) is 78.4 Å². The van der Waals surface area contributed by atoms with Gasteiger partial charge in [-0.25, -0.2) is 4.79 Å². The lowest BCUT2D eigenvalue weighted by Crippen LogP contribution is -2.41. The molecule has 5 nitrogen and oxygen atoms in total. The summed E-state index contributed by atoms with van der Waals surface area (Å²) >= 11 is 3.24. The predicted molar refractivity (Wildman–Crippen MR) is 77.5 cm³/mol. The van der Waals surface area contributed by atoms with Gasteiger partial charge in [0.25, 0.3) is 0 Å². The molecular weight excluding hydrogens is 312 g/mol. The van der Waals surface area contributed by atoms with Gasteiger partial charge in [-0.15, -0.1) is 0 Å². The van der Waals surface area contributed by atoms with E-state index in [0.29, 0.717) is 4.47 Å². The monoisotopic (exact) mass is 328 g/mol. The van der Waals surface area contributed by atoms with Crippen LogP contribution in [0.3, 0.4) is 0 Å². The molecule has 0 aromatic heterocycles. The van der Waals surface area contributed by atoms with Gasteiger partial charge in [0.15, 0.2) is 0 Å². The Morgan fingerprint density at radius 1 is 1.32 bits per heavy atom. The molecular formula is C13H17BrN2O3. The van der Waals surface area contributed by atoms with Crippen LogP contribution >= 0.6 is 15.9 Å². The Labute approximate surface area is 120 Å². The van der Waals surface area contributed by atoms with E-state index < -0.39 is 5.97 Å². The van der Waals surface area contributed by atoms with Crippen molar-refractivity contribution in [1.82, 2.24) is 5.32 Å². The Balaban J connectivity index is 2.82. The number of rotatable bonds is 4. The minimum atomic E-state index is -1.08. The first kappa shape index (κ1) is 15.7. The molecule has 1 aromatic rings. The van der Waals surface area contributed by atoms with Gasteiger partial charge in [0.1, 0.15) is 0 Å². The maximum Gasteiger partial charge on any atom is 0.337 e. The molecule has 0 atom stereocenters. The first-order valence-electron chi connectivity index (χ1n) is 5.77. The zero-order chi connectivity index (χ0) is 14.6. The molecule has 0 spiro atoms. The van der Waals surface area contributed by atoms with E-state index in [9.17, 15) is 9.59 Å². The number of hydrogen-bond donors (Lipinski definition) is 3. The number of benzene rings is 1. The fourth-order valence-electron chi connectivity index (χ4n) is 1.36. The van der Waals surface area contributed by atoms with Crippen LogP contribution in [-0.2, 0) is 4.79 Å². The van der Waals surface area contributed by atoms with Crippen molar-refractivity contribution in [3.05, 3.63) is 28.2 Å². The van der Waals surface area contributed by atoms with Crippen molar-refractivity contribution in [1.29, 1.82) is 0 Å². The number of anilines is 1. The van der Waals surface area contributed by atoms with Gasteiger partial charge in [0, 0.05) is 10.0 Å². The standard InChI is InChI=1S/C13H17BrN2O3/c1-13(2,3)15-7-10(17)16-11-8(12(18)19)5-4-6-9(11)14/h4-6,15H,7H2,1-3H3,(H,16,17)(H,18,19). The van der Waals surface area contributed by atoms with E-state index in [1.165, 1.54) is 6.07 Å². The highest BCUT2D eigenvalue weighted by Gasteiger charge is 2.16. The number of hydrogen-bond acceptors (Lipinski definition) is 3. The lowest BCUT2D eigenvalue weighted by Gasteiger charge is -2.20.